The van der Waals surface area contributed by atoms with Crippen molar-refractivity contribution in [2.45, 2.75) is 19.1 Å². The van der Waals surface area contributed by atoms with E-state index in [4.69, 9.17) is 29.9 Å². The summed E-state index contributed by atoms with van der Waals surface area (Å²) in [6.45, 7) is -1.42. The van der Waals surface area contributed by atoms with Gasteiger partial charge in [0.05, 0.1) is 5.02 Å². The van der Waals surface area contributed by atoms with Gasteiger partial charge in [-0.2, -0.15) is 0 Å². The highest BCUT2D eigenvalue weighted by atomic mass is 35.5. The topological polar surface area (TPSA) is 160 Å². The average molecular weight is 451 g/mol. The second-order valence-corrected chi connectivity index (χ2v) is 6.97. The summed E-state index contributed by atoms with van der Waals surface area (Å²) >= 11 is 6.26. The molecule has 0 unspecified atom stereocenters. The number of hydrogen-bond donors (Lipinski definition) is 4. The zero-order valence-corrected chi connectivity index (χ0v) is 16.4. The lowest BCUT2D eigenvalue weighted by Gasteiger charge is -2.19. The molecule has 4 rings (SSSR count). The maximum absolute atomic E-state index is 12.2. The summed E-state index contributed by atoms with van der Waals surface area (Å²) in [5.41, 5.74) is -1.55. The van der Waals surface area contributed by atoms with Crippen molar-refractivity contribution in [3.63, 3.8) is 0 Å². The first-order valence-corrected chi connectivity index (χ1v) is 9.24. The highest BCUT2D eigenvalue weighted by Crippen LogP contribution is 2.46. The predicted octanol–water partition coefficient (Wildman–Crippen LogP) is 1.55. The first kappa shape index (κ1) is 20.8. The van der Waals surface area contributed by atoms with Crippen LogP contribution < -0.4 is 20.3 Å². The van der Waals surface area contributed by atoms with Gasteiger partial charge in [0.25, 0.3) is 0 Å². The van der Waals surface area contributed by atoms with Crippen molar-refractivity contribution < 1.29 is 38.7 Å². The molecule has 11 heteroatoms. The Morgan fingerprint density at radius 2 is 1.42 bits per heavy atom. The van der Waals surface area contributed by atoms with Gasteiger partial charge in [-0.25, -0.2) is 0 Å². The van der Waals surface area contributed by atoms with Crippen LogP contribution in [0.25, 0.3) is 0 Å². The Morgan fingerprint density at radius 3 is 1.94 bits per heavy atom. The Morgan fingerprint density at radius 1 is 0.871 bits per heavy atom. The lowest BCUT2D eigenvalue weighted by Crippen LogP contribution is -2.14. The fourth-order valence-electron chi connectivity index (χ4n) is 3.23. The zero-order chi connectivity index (χ0) is 22.3. The molecule has 10 nitrogen and oxygen atoms in total. The molecule has 0 fully saturated rings. The van der Waals surface area contributed by atoms with Gasteiger partial charge in [-0.15, -0.1) is 0 Å². The van der Waals surface area contributed by atoms with E-state index in [9.17, 15) is 30.0 Å². The molecule has 3 aromatic rings. The van der Waals surface area contributed by atoms with Crippen LogP contribution in [-0.2, 0) is 13.2 Å². The summed E-state index contributed by atoms with van der Waals surface area (Å²) in [4.78, 5) is 24.5. The summed E-state index contributed by atoms with van der Waals surface area (Å²) in [5, 5.41) is 39.8. The van der Waals surface area contributed by atoms with Gasteiger partial charge in [0.1, 0.15) is 30.7 Å². The van der Waals surface area contributed by atoms with Crippen LogP contribution >= 0.6 is 11.6 Å². The maximum atomic E-state index is 12.2. The molecule has 0 radical (unpaired) electrons. The van der Waals surface area contributed by atoms with Gasteiger partial charge in [-0.3, -0.25) is 9.59 Å². The monoisotopic (exact) mass is 450 g/mol. The highest BCUT2D eigenvalue weighted by Gasteiger charge is 2.33. The van der Waals surface area contributed by atoms with Crippen LogP contribution in [0.3, 0.4) is 0 Å². The number of fused-ring (bicyclic) bond motifs is 1. The Bertz CT molecular complexity index is 1210. The summed E-state index contributed by atoms with van der Waals surface area (Å²) in [6.07, 6.45) is 0. The number of rotatable bonds is 5. The number of ether oxygens (including phenoxy) is 2. The molecule has 3 heterocycles. The molecule has 162 valence electrons. The van der Waals surface area contributed by atoms with E-state index in [1.165, 1.54) is 12.1 Å². The molecular formula is C20H15ClO10. The minimum Gasteiger partial charge on any atom is -0.502 e. The second-order valence-electron chi connectivity index (χ2n) is 6.57. The van der Waals surface area contributed by atoms with Gasteiger partial charge >= 0.3 is 0 Å². The minimum atomic E-state index is -1.38. The molecule has 1 aromatic carbocycles. The van der Waals surface area contributed by atoms with E-state index >= 15 is 0 Å². The Hall–Kier alpha value is -3.47. The highest BCUT2D eigenvalue weighted by molar-refractivity contribution is 6.32. The van der Waals surface area contributed by atoms with E-state index in [-0.39, 0.29) is 40.4 Å². The van der Waals surface area contributed by atoms with Crippen LogP contribution in [0, 0.1) is 0 Å². The maximum Gasteiger partial charge on any atom is 0.231 e. The number of aliphatic hydroxyl groups is 2. The van der Waals surface area contributed by atoms with Gasteiger partial charge in [0.15, 0.2) is 23.0 Å². The van der Waals surface area contributed by atoms with Gasteiger partial charge in [-0.1, -0.05) is 11.6 Å². The van der Waals surface area contributed by atoms with E-state index in [0.29, 0.717) is 0 Å². The lowest BCUT2D eigenvalue weighted by molar-refractivity contribution is 0.174. The van der Waals surface area contributed by atoms with E-state index < -0.39 is 53.0 Å². The van der Waals surface area contributed by atoms with Crippen LogP contribution in [0.4, 0.5) is 0 Å². The fraction of sp³-hybridized carbons (Fsp3) is 0.200. The second kappa shape index (κ2) is 7.99. The third-order valence-electron chi connectivity index (χ3n) is 4.62. The molecule has 0 amide bonds. The molecular weight excluding hydrogens is 436 g/mol. The van der Waals surface area contributed by atoms with Crippen molar-refractivity contribution >= 4 is 11.6 Å². The lowest BCUT2D eigenvalue weighted by atomic mass is 9.91. The molecule has 0 bridgehead atoms. The quantitative estimate of drug-likeness (QED) is 0.449. The van der Waals surface area contributed by atoms with Crippen molar-refractivity contribution in [1.29, 1.82) is 0 Å². The van der Waals surface area contributed by atoms with Crippen LogP contribution in [0.1, 0.15) is 34.5 Å². The van der Waals surface area contributed by atoms with Crippen LogP contribution in [-0.4, -0.2) is 27.2 Å². The molecule has 0 spiro atoms. The first-order valence-electron chi connectivity index (χ1n) is 8.86. The number of halogens is 1. The molecule has 0 aliphatic carbocycles. The molecule has 1 aliphatic rings. The Labute approximate surface area is 178 Å². The third kappa shape index (κ3) is 3.61. The van der Waals surface area contributed by atoms with Gasteiger partial charge < -0.3 is 38.7 Å². The standard InChI is InChI=1S/C20H15ClO10/c21-11-1-8(2-14-18(11)29-7-28-14)15(19-16(26)12(24)3-9(5-22)30-19)20-17(27)13(25)4-10(6-23)31-20/h1-4,15,22-23,26-27H,5-7H2. The summed E-state index contributed by atoms with van der Waals surface area (Å²) in [7, 11) is 0. The fourth-order valence-corrected chi connectivity index (χ4v) is 3.51. The Kier molecular flexibility index (Phi) is 5.36. The van der Waals surface area contributed by atoms with Gasteiger partial charge in [0, 0.05) is 12.1 Å². The van der Waals surface area contributed by atoms with E-state index in [1.807, 2.05) is 0 Å². The van der Waals surface area contributed by atoms with Crippen molar-refractivity contribution in [1.82, 2.24) is 0 Å². The van der Waals surface area contributed by atoms with Crippen LogP contribution in [0.2, 0.25) is 5.02 Å². The third-order valence-corrected chi connectivity index (χ3v) is 4.90. The number of benzene rings is 1. The van der Waals surface area contributed by atoms with Crippen molar-refractivity contribution in [3.8, 4) is 23.0 Å². The average Bonchev–Trinajstić information content (AvgIpc) is 3.23. The van der Waals surface area contributed by atoms with Crippen molar-refractivity contribution in [2.24, 2.45) is 0 Å². The molecule has 0 saturated heterocycles. The molecule has 4 N–H and O–H groups in total. The molecule has 0 saturated carbocycles. The van der Waals surface area contributed by atoms with Crippen LogP contribution in [0.15, 0.2) is 42.7 Å². The molecule has 1 aliphatic heterocycles. The summed E-state index contributed by atoms with van der Waals surface area (Å²) < 4.78 is 21.6. The Balaban J connectivity index is 2.06. The van der Waals surface area contributed by atoms with Crippen LogP contribution in [0.5, 0.6) is 23.0 Å². The number of hydrogen-bond acceptors (Lipinski definition) is 10. The molecule has 31 heavy (non-hydrogen) atoms. The summed E-state index contributed by atoms with van der Waals surface area (Å²) in [5.74, 6) is -3.81. The van der Waals surface area contributed by atoms with E-state index in [1.54, 1.807) is 0 Å². The zero-order valence-electron chi connectivity index (χ0n) is 15.6. The predicted molar refractivity (Wildman–Crippen MR) is 104 cm³/mol. The number of aliphatic hydroxyl groups excluding tert-OH is 2. The van der Waals surface area contributed by atoms with Gasteiger partial charge in [-0.05, 0) is 17.7 Å². The van der Waals surface area contributed by atoms with E-state index in [0.717, 1.165) is 12.1 Å². The van der Waals surface area contributed by atoms with E-state index in [2.05, 4.69) is 0 Å². The minimum absolute atomic E-state index is 0.0934. The normalized spacial score (nSPS) is 12.5. The number of aromatic hydroxyl groups is 2. The van der Waals surface area contributed by atoms with Crippen molar-refractivity contribution in [2.75, 3.05) is 6.79 Å². The smallest absolute Gasteiger partial charge is 0.231 e. The molecule has 2 aromatic heterocycles. The van der Waals surface area contributed by atoms with Gasteiger partial charge in [0.2, 0.25) is 29.1 Å². The summed E-state index contributed by atoms with van der Waals surface area (Å²) in [6, 6.07) is 4.61. The van der Waals surface area contributed by atoms with Crippen molar-refractivity contribution in [3.05, 3.63) is 78.3 Å². The SMILES string of the molecule is O=c1cc(CO)oc(C(c2cc(Cl)c3c(c2)OCO3)c2oc(CO)cc(=O)c2O)c1O. The molecule has 0 atom stereocenters. The first-order chi connectivity index (χ1) is 14.8. The largest absolute Gasteiger partial charge is 0.502 e.